The fourth-order valence-electron chi connectivity index (χ4n) is 3.68. The Bertz CT molecular complexity index is 954. The molecule has 1 saturated heterocycles. The Labute approximate surface area is 158 Å². The molecule has 1 aliphatic heterocycles. The highest BCUT2D eigenvalue weighted by molar-refractivity contribution is 5.76. The number of nitrogens with zero attached hydrogens (tertiary/aromatic N) is 5. The average Bonchev–Trinajstić information content (AvgIpc) is 3.17. The molecule has 0 unspecified atom stereocenters. The fraction of sp³-hybridized carbons (Fsp3) is 0.400. The molecule has 1 amide bonds. The third kappa shape index (κ3) is 3.55. The number of hydrogen-bond donors (Lipinski definition) is 0. The van der Waals surface area contributed by atoms with Crippen molar-refractivity contribution in [2.45, 2.75) is 32.8 Å². The Balaban J connectivity index is 1.44. The smallest absolute Gasteiger partial charge is 0.223 e. The van der Waals surface area contributed by atoms with Gasteiger partial charge in [0.1, 0.15) is 12.4 Å². The molecule has 1 aromatic carbocycles. The first-order chi connectivity index (χ1) is 13.1. The summed E-state index contributed by atoms with van der Waals surface area (Å²) in [4.78, 5) is 14.7. The van der Waals surface area contributed by atoms with Crippen LogP contribution in [0.3, 0.4) is 0 Å². The van der Waals surface area contributed by atoms with Gasteiger partial charge >= 0.3 is 0 Å². The fourth-order valence-corrected chi connectivity index (χ4v) is 3.68. The van der Waals surface area contributed by atoms with Crippen molar-refractivity contribution in [2.75, 3.05) is 19.7 Å². The summed E-state index contributed by atoms with van der Waals surface area (Å²) in [6.45, 7) is 5.78. The Morgan fingerprint density at radius 1 is 1.26 bits per heavy atom. The van der Waals surface area contributed by atoms with Crippen molar-refractivity contribution in [1.82, 2.24) is 24.7 Å². The molecule has 140 valence electrons. The number of hydrogen-bond acceptors (Lipinski definition) is 5. The molecule has 2 aromatic heterocycles. The number of aromatic nitrogens is 4. The monoisotopic (exact) mass is 365 g/mol. The maximum atomic E-state index is 12.8. The summed E-state index contributed by atoms with van der Waals surface area (Å²) in [6, 6.07) is 10.1. The molecule has 1 atom stereocenters. The van der Waals surface area contributed by atoms with Gasteiger partial charge in [-0.25, -0.2) is 4.52 Å². The number of morpholine rings is 1. The second-order valence-corrected chi connectivity index (χ2v) is 6.90. The lowest BCUT2D eigenvalue weighted by molar-refractivity contribution is -0.139. The van der Waals surface area contributed by atoms with Crippen molar-refractivity contribution < 1.29 is 9.53 Å². The van der Waals surface area contributed by atoms with E-state index in [-0.39, 0.29) is 12.0 Å². The molecule has 7 heteroatoms. The van der Waals surface area contributed by atoms with E-state index in [9.17, 15) is 4.79 Å². The first-order valence-corrected chi connectivity index (χ1v) is 9.24. The summed E-state index contributed by atoms with van der Waals surface area (Å²) >= 11 is 0. The summed E-state index contributed by atoms with van der Waals surface area (Å²) in [5, 5.41) is 12.5. The van der Waals surface area contributed by atoms with Gasteiger partial charge in [-0.15, -0.1) is 10.2 Å². The molecular formula is C20H23N5O2. The summed E-state index contributed by atoms with van der Waals surface area (Å²) < 4.78 is 7.55. The quantitative estimate of drug-likeness (QED) is 0.709. The van der Waals surface area contributed by atoms with E-state index < -0.39 is 0 Å². The molecule has 0 aliphatic carbocycles. The van der Waals surface area contributed by atoms with E-state index in [1.54, 1.807) is 10.8 Å². The molecular weight excluding hydrogens is 342 g/mol. The number of carbonyl (C=O) groups excluding carboxylic acids is 1. The molecule has 3 heterocycles. The molecule has 0 saturated carbocycles. The zero-order chi connectivity index (χ0) is 18.8. The van der Waals surface area contributed by atoms with Gasteiger partial charge in [-0.2, -0.15) is 5.10 Å². The van der Waals surface area contributed by atoms with Gasteiger partial charge in [0.2, 0.25) is 5.91 Å². The van der Waals surface area contributed by atoms with Crippen molar-refractivity contribution in [3.63, 3.8) is 0 Å². The zero-order valence-electron chi connectivity index (χ0n) is 15.6. The molecule has 0 bridgehead atoms. The van der Waals surface area contributed by atoms with Crippen LogP contribution in [-0.4, -0.2) is 50.3 Å². The molecule has 4 rings (SSSR count). The lowest BCUT2D eigenvalue weighted by Crippen LogP contribution is -2.42. The highest BCUT2D eigenvalue weighted by Gasteiger charge is 2.25. The van der Waals surface area contributed by atoms with E-state index in [0.717, 1.165) is 28.0 Å². The number of benzene rings is 1. The number of rotatable bonds is 4. The number of aryl methyl sites for hydroxylation is 2. The van der Waals surface area contributed by atoms with Gasteiger partial charge in [0.25, 0.3) is 0 Å². The summed E-state index contributed by atoms with van der Waals surface area (Å²) in [7, 11) is 0. The van der Waals surface area contributed by atoms with Crippen molar-refractivity contribution in [2.24, 2.45) is 0 Å². The van der Waals surface area contributed by atoms with E-state index in [0.29, 0.717) is 32.5 Å². The predicted octanol–water partition coefficient (Wildman–Crippen LogP) is 2.27. The molecule has 3 aromatic rings. The van der Waals surface area contributed by atoms with Crippen LogP contribution in [0.25, 0.3) is 5.65 Å². The minimum atomic E-state index is -0.0543. The van der Waals surface area contributed by atoms with Gasteiger partial charge in [0.05, 0.1) is 18.8 Å². The molecule has 0 radical (unpaired) electrons. The van der Waals surface area contributed by atoms with E-state index in [1.807, 2.05) is 49.1 Å². The third-order valence-electron chi connectivity index (χ3n) is 5.19. The van der Waals surface area contributed by atoms with E-state index in [4.69, 9.17) is 4.74 Å². The minimum absolute atomic E-state index is 0.0543. The topological polar surface area (TPSA) is 72.6 Å². The summed E-state index contributed by atoms with van der Waals surface area (Å²) in [5.74, 6) is 0.152. The number of ether oxygens (including phenoxy) is 1. The second-order valence-electron chi connectivity index (χ2n) is 6.90. The van der Waals surface area contributed by atoms with E-state index >= 15 is 0 Å². The van der Waals surface area contributed by atoms with Crippen molar-refractivity contribution in [3.8, 4) is 0 Å². The Morgan fingerprint density at radius 3 is 2.89 bits per heavy atom. The highest BCUT2D eigenvalue weighted by atomic mass is 16.5. The van der Waals surface area contributed by atoms with E-state index in [1.165, 1.54) is 0 Å². The molecule has 1 aliphatic rings. The first-order valence-electron chi connectivity index (χ1n) is 9.24. The normalized spacial score (nSPS) is 17.4. The van der Waals surface area contributed by atoms with Gasteiger partial charge in [-0.1, -0.05) is 30.3 Å². The van der Waals surface area contributed by atoms with Crippen LogP contribution in [0.4, 0.5) is 0 Å². The zero-order valence-corrected chi connectivity index (χ0v) is 15.6. The molecule has 0 spiro atoms. The SMILES string of the molecule is Cc1nn2cnnc2c(C)c1CCC(=O)N1CCO[C@H](c2ccccc2)C1. The molecule has 1 fully saturated rings. The molecule has 27 heavy (non-hydrogen) atoms. The van der Waals surface area contributed by atoms with Crippen molar-refractivity contribution in [3.05, 3.63) is 59.0 Å². The van der Waals surface area contributed by atoms with Crippen LogP contribution in [-0.2, 0) is 16.0 Å². The molecule has 0 N–H and O–H groups in total. The van der Waals surface area contributed by atoms with Gasteiger partial charge in [-0.05, 0) is 31.4 Å². The lowest BCUT2D eigenvalue weighted by atomic mass is 10.0. The van der Waals surface area contributed by atoms with Crippen molar-refractivity contribution in [1.29, 1.82) is 0 Å². The molecule has 7 nitrogen and oxygen atoms in total. The van der Waals surface area contributed by atoms with Gasteiger partial charge in [0.15, 0.2) is 5.65 Å². The maximum Gasteiger partial charge on any atom is 0.223 e. The highest BCUT2D eigenvalue weighted by Crippen LogP contribution is 2.23. The van der Waals surface area contributed by atoms with Crippen molar-refractivity contribution >= 4 is 11.6 Å². The van der Waals surface area contributed by atoms with Crippen LogP contribution in [0.15, 0.2) is 36.7 Å². The van der Waals surface area contributed by atoms with Crippen LogP contribution in [0.1, 0.15) is 34.9 Å². The van der Waals surface area contributed by atoms with Crippen LogP contribution < -0.4 is 0 Å². The first kappa shape index (κ1) is 17.6. The van der Waals surface area contributed by atoms with Crippen LogP contribution in [0.5, 0.6) is 0 Å². The number of fused-ring (bicyclic) bond motifs is 1. The van der Waals surface area contributed by atoms with Crippen LogP contribution in [0, 0.1) is 13.8 Å². The lowest BCUT2D eigenvalue weighted by Gasteiger charge is -2.33. The maximum absolute atomic E-state index is 12.8. The largest absolute Gasteiger partial charge is 0.370 e. The number of amides is 1. The Kier molecular flexibility index (Phi) is 4.85. The van der Waals surface area contributed by atoms with Crippen LogP contribution >= 0.6 is 0 Å². The second kappa shape index (κ2) is 7.44. The summed E-state index contributed by atoms with van der Waals surface area (Å²) in [6.07, 6.45) is 2.65. The Morgan fingerprint density at radius 2 is 2.07 bits per heavy atom. The minimum Gasteiger partial charge on any atom is -0.370 e. The van der Waals surface area contributed by atoms with E-state index in [2.05, 4.69) is 15.3 Å². The Hall–Kier alpha value is -2.80. The number of carbonyl (C=O) groups is 1. The van der Waals surface area contributed by atoms with Gasteiger partial charge in [0, 0.05) is 18.5 Å². The van der Waals surface area contributed by atoms with Crippen LogP contribution in [0.2, 0.25) is 0 Å². The standard InChI is InChI=1S/C20H23N5O2/c1-14-17(15(2)23-25-13-21-22-20(14)25)8-9-19(26)24-10-11-27-18(12-24)16-6-4-3-5-7-16/h3-7,13,18H,8-12H2,1-2H3/t18-/m0/s1. The summed E-state index contributed by atoms with van der Waals surface area (Å²) in [5.41, 5.74) is 4.90. The average molecular weight is 365 g/mol. The predicted molar refractivity (Wildman–Crippen MR) is 100 cm³/mol. The third-order valence-corrected chi connectivity index (χ3v) is 5.19. The van der Waals surface area contributed by atoms with Gasteiger partial charge in [-0.3, -0.25) is 4.79 Å². The van der Waals surface area contributed by atoms with Gasteiger partial charge < -0.3 is 9.64 Å².